The van der Waals surface area contributed by atoms with E-state index in [1.807, 2.05) is 6.92 Å². The maximum absolute atomic E-state index is 9.09. The van der Waals surface area contributed by atoms with E-state index in [1.165, 1.54) is 0 Å². The summed E-state index contributed by atoms with van der Waals surface area (Å²) >= 11 is 0. The lowest BCUT2D eigenvalue weighted by atomic mass is 10.5. The number of hydrogen-bond acceptors (Lipinski definition) is 2. The van der Waals surface area contributed by atoms with Crippen LogP contribution in [0.25, 0.3) is 0 Å². The highest BCUT2D eigenvalue weighted by Crippen LogP contribution is 2.29. The highest BCUT2D eigenvalue weighted by Gasteiger charge is 2.08. The summed E-state index contributed by atoms with van der Waals surface area (Å²) in [4.78, 5) is 9.09. The van der Waals surface area contributed by atoms with Crippen LogP contribution in [0.1, 0.15) is 6.92 Å². The number of quaternary nitrogens is 1. The Kier molecular flexibility index (Phi) is 5.19. The number of rotatable bonds is 5. The molecule has 0 aromatic heterocycles. The van der Waals surface area contributed by atoms with E-state index < -0.39 is 8.38 Å². The van der Waals surface area contributed by atoms with Crippen molar-refractivity contribution in [1.82, 2.24) is 0 Å². The first-order valence-electron chi connectivity index (χ1n) is 3.85. The number of hydrogen-bond donors (Lipinski definition) is 1. The fourth-order valence-corrected chi connectivity index (χ4v) is 0.986. The van der Waals surface area contributed by atoms with Gasteiger partial charge in [-0.1, -0.05) is 6.92 Å². The summed E-state index contributed by atoms with van der Waals surface area (Å²) in [6.07, 6.45) is 0.729. The molecule has 1 atom stereocenters. The first kappa shape index (κ1) is 11.3. The molecule has 0 aliphatic heterocycles. The highest BCUT2D eigenvalue weighted by molar-refractivity contribution is 7.46. The van der Waals surface area contributed by atoms with Crippen LogP contribution in [-0.2, 0) is 4.52 Å². The van der Waals surface area contributed by atoms with Crippen molar-refractivity contribution in [3.8, 4) is 0 Å². The van der Waals surface area contributed by atoms with Crippen LogP contribution < -0.4 is 0 Å². The summed E-state index contributed by atoms with van der Waals surface area (Å²) in [5.74, 6) is 0. The molecule has 0 radical (unpaired) electrons. The van der Waals surface area contributed by atoms with Gasteiger partial charge in [0, 0.05) is 6.16 Å². The zero-order valence-electron chi connectivity index (χ0n) is 7.87. The predicted molar refractivity (Wildman–Crippen MR) is 48.5 cm³/mol. The molecule has 0 aliphatic carbocycles. The molecule has 0 bridgehead atoms. The number of nitrogens with zero attached hydrogens (tertiary/aromatic N) is 1. The van der Waals surface area contributed by atoms with Gasteiger partial charge in [0.05, 0.1) is 21.1 Å². The summed E-state index contributed by atoms with van der Waals surface area (Å²) in [6, 6.07) is 0. The van der Waals surface area contributed by atoms with Gasteiger partial charge in [-0.3, -0.25) is 0 Å². The monoisotopic (exact) mass is 180 g/mol. The van der Waals surface area contributed by atoms with Gasteiger partial charge in [0.25, 0.3) is 0 Å². The molecule has 0 amide bonds. The minimum absolute atomic E-state index is 0.652. The van der Waals surface area contributed by atoms with Gasteiger partial charge in [0.1, 0.15) is 13.2 Å². The molecule has 4 heteroatoms. The van der Waals surface area contributed by atoms with Gasteiger partial charge in [-0.25, -0.2) is 0 Å². The maximum Gasteiger partial charge on any atom is 0.167 e. The normalized spacial score (nSPS) is 15.0. The van der Waals surface area contributed by atoms with Gasteiger partial charge in [0.15, 0.2) is 8.38 Å². The Bertz CT molecular complexity index is 103. The standard InChI is InChI=1S/C7H19NO2P/c1-5-11(9)10-7-6-8(2,3)4/h9H,5-7H2,1-4H3/q+1. The molecule has 0 aromatic carbocycles. The average molecular weight is 180 g/mol. The SMILES string of the molecule is CCP(O)OCC[N+](C)(C)C. The van der Waals surface area contributed by atoms with Crippen LogP contribution in [0.5, 0.6) is 0 Å². The van der Waals surface area contributed by atoms with Crippen molar-refractivity contribution < 1.29 is 13.9 Å². The van der Waals surface area contributed by atoms with E-state index in [4.69, 9.17) is 9.42 Å². The van der Waals surface area contributed by atoms with Crippen molar-refractivity contribution in [3.05, 3.63) is 0 Å². The summed E-state index contributed by atoms with van der Waals surface area (Å²) < 4.78 is 6.05. The van der Waals surface area contributed by atoms with Crippen LogP contribution in [0.3, 0.4) is 0 Å². The lowest BCUT2D eigenvalue weighted by molar-refractivity contribution is -0.870. The molecular formula is C7H19NO2P+. The Morgan fingerprint density at radius 2 is 1.91 bits per heavy atom. The Morgan fingerprint density at radius 1 is 1.36 bits per heavy atom. The van der Waals surface area contributed by atoms with Crippen LogP contribution in [-0.4, -0.2) is 49.8 Å². The van der Waals surface area contributed by atoms with E-state index in [9.17, 15) is 0 Å². The van der Waals surface area contributed by atoms with Crippen LogP contribution in [0, 0.1) is 0 Å². The van der Waals surface area contributed by atoms with E-state index in [0.29, 0.717) is 6.61 Å². The zero-order chi connectivity index (χ0) is 8.91. The van der Waals surface area contributed by atoms with Gasteiger partial charge >= 0.3 is 0 Å². The Labute approximate surface area is 70.5 Å². The number of likely N-dealkylation sites (N-methyl/N-ethyl adjacent to an activating group) is 1. The van der Waals surface area contributed by atoms with Crippen molar-refractivity contribution in [2.75, 3.05) is 40.5 Å². The molecule has 3 nitrogen and oxygen atoms in total. The summed E-state index contributed by atoms with van der Waals surface area (Å²) in [7, 11) is 5.18. The summed E-state index contributed by atoms with van der Waals surface area (Å²) in [5, 5.41) is 0. The van der Waals surface area contributed by atoms with Crippen molar-refractivity contribution >= 4 is 8.38 Å². The lowest BCUT2D eigenvalue weighted by Crippen LogP contribution is -2.37. The maximum atomic E-state index is 9.09. The van der Waals surface area contributed by atoms with Crippen molar-refractivity contribution in [2.45, 2.75) is 6.92 Å². The molecule has 0 saturated heterocycles. The molecule has 1 unspecified atom stereocenters. The highest BCUT2D eigenvalue weighted by atomic mass is 31.2. The predicted octanol–water partition coefficient (Wildman–Crippen LogP) is 1.03. The molecule has 0 aromatic rings. The molecule has 68 valence electrons. The molecule has 0 saturated carbocycles. The first-order valence-corrected chi connectivity index (χ1v) is 5.25. The van der Waals surface area contributed by atoms with Gasteiger partial charge in [-0.2, -0.15) is 0 Å². The van der Waals surface area contributed by atoms with E-state index in [0.717, 1.165) is 17.2 Å². The second-order valence-electron chi connectivity index (χ2n) is 3.52. The fourth-order valence-electron chi connectivity index (χ4n) is 0.511. The third-order valence-electron chi connectivity index (χ3n) is 1.27. The molecular weight excluding hydrogens is 161 g/mol. The molecule has 1 N–H and O–H groups in total. The topological polar surface area (TPSA) is 29.5 Å². The van der Waals surface area contributed by atoms with Crippen LogP contribution in [0.15, 0.2) is 0 Å². The van der Waals surface area contributed by atoms with E-state index in [2.05, 4.69) is 21.1 Å². The third-order valence-corrected chi connectivity index (χ3v) is 2.29. The fraction of sp³-hybridized carbons (Fsp3) is 1.00. The Morgan fingerprint density at radius 3 is 2.27 bits per heavy atom. The van der Waals surface area contributed by atoms with Gasteiger partial charge < -0.3 is 13.9 Å². The zero-order valence-corrected chi connectivity index (χ0v) is 8.77. The molecule has 0 aliphatic rings. The smallest absolute Gasteiger partial charge is 0.167 e. The molecule has 0 spiro atoms. The van der Waals surface area contributed by atoms with Crippen LogP contribution in [0.4, 0.5) is 0 Å². The van der Waals surface area contributed by atoms with E-state index in [1.54, 1.807) is 0 Å². The second-order valence-corrected chi connectivity index (χ2v) is 5.11. The van der Waals surface area contributed by atoms with Crippen molar-refractivity contribution in [3.63, 3.8) is 0 Å². The van der Waals surface area contributed by atoms with Crippen molar-refractivity contribution in [1.29, 1.82) is 0 Å². The van der Waals surface area contributed by atoms with E-state index >= 15 is 0 Å². The second kappa shape index (κ2) is 5.04. The molecule has 0 fully saturated rings. The molecule has 11 heavy (non-hydrogen) atoms. The lowest BCUT2D eigenvalue weighted by Gasteiger charge is -2.23. The minimum Gasteiger partial charge on any atom is -0.350 e. The van der Waals surface area contributed by atoms with Gasteiger partial charge in [0.2, 0.25) is 0 Å². The van der Waals surface area contributed by atoms with Gasteiger partial charge in [-0.05, 0) is 0 Å². The first-order chi connectivity index (χ1) is 4.95. The van der Waals surface area contributed by atoms with Gasteiger partial charge in [-0.15, -0.1) is 0 Å². The third kappa shape index (κ3) is 8.21. The van der Waals surface area contributed by atoms with Crippen LogP contribution in [0.2, 0.25) is 0 Å². The largest absolute Gasteiger partial charge is 0.350 e. The summed E-state index contributed by atoms with van der Waals surface area (Å²) in [6.45, 7) is 3.52. The Balaban J connectivity index is 3.28. The quantitative estimate of drug-likeness (QED) is 0.506. The summed E-state index contributed by atoms with van der Waals surface area (Å²) in [5.41, 5.74) is 0. The Hall–Kier alpha value is 0.310. The molecule has 0 heterocycles. The molecule has 0 rings (SSSR count). The minimum atomic E-state index is -1.14. The van der Waals surface area contributed by atoms with E-state index in [-0.39, 0.29) is 0 Å². The average Bonchev–Trinajstić information content (AvgIpc) is 1.85. The van der Waals surface area contributed by atoms with Crippen LogP contribution >= 0.6 is 8.38 Å². The van der Waals surface area contributed by atoms with Crippen molar-refractivity contribution in [2.24, 2.45) is 0 Å².